The molecule has 0 spiro atoms. The third kappa shape index (κ3) is 4.00. The standard InChI is InChI=1S/C15H23NO4/c1-11(13-6-5-9-18-13)19-12-7-8-16(10-12)14(17)20-15(2,3)4/h5-6,9,11-12H,7-8,10H2,1-4H3/t11?,12-/m0/s1. The molecule has 1 aliphatic rings. The second-order valence-electron chi connectivity index (χ2n) is 6.13. The first-order valence-electron chi connectivity index (χ1n) is 7.02. The summed E-state index contributed by atoms with van der Waals surface area (Å²) in [5.74, 6) is 0.806. The minimum atomic E-state index is -0.461. The zero-order valence-corrected chi connectivity index (χ0v) is 12.6. The van der Waals surface area contributed by atoms with E-state index in [1.807, 2.05) is 39.8 Å². The molecule has 0 bridgehead atoms. The van der Waals surface area contributed by atoms with Crippen molar-refractivity contribution >= 4 is 6.09 Å². The second-order valence-corrected chi connectivity index (χ2v) is 6.13. The van der Waals surface area contributed by atoms with E-state index in [0.717, 1.165) is 12.2 Å². The van der Waals surface area contributed by atoms with Crippen molar-refractivity contribution in [3.05, 3.63) is 24.2 Å². The third-order valence-corrected chi connectivity index (χ3v) is 3.14. The molecule has 1 fully saturated rings. The van der Waals surface area contributed by atoms with Crippen LogP contribution < -0.4 is 0 Å². The first-order chi connectivity index (χ1) is 9.35. The number of carbonyl (C=O) groups excluding carboxylic acids is 1. The molecule has 0 N–H and O–H groups in total. The summed E-state index contributed by atoms with van der Waals surface area (Å²) in [6.45, 7) is 8.80. The lowest BCUT2D eigenvalue weighted by Gasteiger charge is -2.24. The molecule has 0 radical (unpaired) electrons. The average molecular weight is 281 g/mol. The summed E-state index contributed by atoms with van der Waals surface area (Å²) in [4.78, 5) is 13.6. The summed E-state index contributed by atoms with van der Waals surface area (Å²) in [6.07, 6.45) is 2.12. The third-order valence-electron chi connectivity index (χ3n) is 3.14. The fourth-order valence-electron chi connectivity index (χ4n) is 2.21. The van der Waals surface area contributed by atoms with Crippen LogP contribution in [0.25, 0.3) is 0 Å². The van der Waals surface area contributed by atoms with Gasteiger partial charge >= 0.3 is 6.09 Å². The molecule has 0 aliphatic carbocycles. The van der Waals surface area contributed by atoms with Crippen LogP contribution in [-0.4, -0.2) is 35.8 Å². The lowest BCUT2D eigenvalue weighted by atomic mass is 10.2. The van der Waals surface area contributed by atoms with E-state index in [1.54, 1.807) is 11.2 Å². The van der Waals surface area contributed by atoms with Gasteiger partial charge < -0.3 is 18.8 Å². The van der Waals surface area contributed by atoms with E-state index in [0.29, 0.717) is 13.1 Å². The van der Waals surface area contributed by atoms with Crippen LogP contribution in [0, 0.1) is 0 Å². The first kappa shape index (κ1) is 14.9. The van der Waals surface area contributed by atoms with Crippen molar-refractivity contribution in [2.24, 2.45) is 0 Å². The molecule has 1 aromatic rings. The monoisotopic (exact) mass is 281 g/mol. The molecule has 1 aliphatic heterocycles. The molecule has 1 aromatic heterocycles. The molecule has 5 heteroatoms. The maximum Gasteiger partial charge on any atom is 0.410 e. The largest absolute Gasteiger partial charge is 0.467 e. The van der Waals surface area contributed by atoms with Gasteiger partial charge in [0, 0.05) is 6.54 Å². The van der Waals surface area contributed by atoms with Crippen molar-refractivity contribution in [2.75, 3.05) is 13.1 Å². The number of hydrogen-bond acceptors (Lipinski definition) is 4. The number of nitrogens with zero attached hydrogens (tertiary/aromatic N) is 1. The van der Waals surface area contributed by atoms with Gasteiger partial charge in [-0.2, -0.15) is 0 Å². The molecule has 20 heavy (non-hydrogen) atoms. The Bertz CT molecular complexity index is 435. The van der Waals surface area contributed by atoms with Crippen LogP contribution in [0.2, 0.25) is 0 Å². The maximum absolute atomic E-state index is 12.0. The van der Waals surface area contributed by atoms with Crippen LogP contribution in [0.5, 0.6) is 0 Å². The number of hydrogen-bond donors (Lipinski definition) is 0. The quantitative estimate of drug-likeness (QED) is 0.852. The molecule has 0 aromatic carbocycles. The lowest BCUT2D eigenvalue weighted by Crippen LogP contribution is -2.36. The minimum Gasteiger partial charge on any atom is -0.467 e. The normalized spacial score (nSPS) is 21.0. The van der Waals surface area contributed by atoms with E-state index in [2.05, 4.69) is 0 Å². The summed E-state index contributed by atoms with van der Waals surface area (Å²) in [5, 5.41) is 0. The molecule has 5 nitrogen and oxygen atoms in total. The van der Waals surface area contributed by atoms with E-state index in [-0.39, 0.29) is 18.3 Å². The smallest absolute Gasteiger partial charge is 0.410 e. The zero-order valence-electron chi connectivity index (χ0n) is 12.6. The van der Waals surface area contributed by atoms with Gasteiger partial charge in [0.2, 0.25) is 0 Å². The molecule has 2 heterocycles. The van der Waals surface area contributed by atoms with Crippen LogP contribution in [0.4, 0.5) is 4.79 Å². The van der Waals surface area contributed by atoms with Gasteiger partial charge in [0.05, 0.1) is 18.9 Å². The van der Waals surface area contributed by atoms with Gasteiger partial charge in [0.15, 0.2) is 0 Å². The van der Waals surface area contributed by atoms with E-state index in [1.165, 1.54) is 0 Å². The Labute approximate surface area is 119 Å². The van der Waals surface area contributed by atoms with E-state index < -0.39 is 5.60 Å². The average Bonchev–Trinajstić information content (AvgIpc) is 2.97. The maximum atomic E-state index is 12.0. The number of amides is 1. The van der Waals surface area contributed by atoms with Crippen molar-refractivity contribution in [1.82, 2.24) is 4.90 Å². The van der Waals surface area contributed by atoms with Gasteiger partial charge in [0.25, 0.3) is 0 Å². The predicted octanol–water partition coefficient (Wildman–Crippen LogP) is 3.37. The van der Waals surface area contributed by atoms with E-state index in [4.69, 9.17) is 13.9 Å². The van der Waals surface area contributed by atoms with Crippen LogP contribution >= 0.6 is 0 Å². The second kappa shape index (κ2) is 5.87. The fraction of sp³-hybridized carbons (Fsp3) is 0.667. The van der Waals surface area contributed by atoms with Crippen LogP contribution in [-0.2, 0) is 9.47 Å². The topological polar surface area (TPSA) is 51.9 Å². The van der Waals surface area contributed by atoms with Crippen LogP contribution in [0.3, 0.4) is 0 Å². The molecular formula is C15H23NO4. The Morgan fingerprint density at radius 2 is 2.25 bits per heavy atom. The summed E-state index contributed by atoms with van der Waals surface area (Å²) < 4.78 is 16.6. The highest BCUT2D eigenvalue weighted by atomic mass is 16.6. The number of furan rings is 1. The van der Waals surface area contributed by atoms with Gasteiger partial charge in [-0.1, -0.05) is 0 Å². The fourth-order valence-corrected chi connectivity index (χ4v) is 2.21. The van der Waals surface area contributed by atoms with Crippen LogP contribution in [0.1, 0.15) is 46.0 Å². The number of likely N-dealkylation sites (tertiary alicyclic amines) is 1. The highest BCUT2D eigenvalue weighted by Gasteiger charge is 2.31. The Morgan fingerprint density at radius 1 is 1.50 bits per heavy atom. The van der Waals surface area contributed by atoms with Crippen molar-refractivity contribution in [2.45, 2.75) is 51.9 Å². The minimum absolute atomic E-state index is 0.0302. The molecule has 2 atom stereocenters. The predicted molar refractivity (Wildman–Crippen MR) is 74.4 cm³/mol. The first-order valence-corrected chi connectivity index (χ1v) is 7.02. The molecule has 1 amide bonds. The highest BCUT2D eigenvalue weighted by Crippen LogP contribution is 2.24. The van der Waals surface area contributed by atoms with E-state index >= 15 is 0 Å². The summed E-state index contributed by atoms with van der Waals surface area (Å²) in [5.41, 5.74) is -0.461. The highest BCUT2D eigenvalue weighted by molar-refractivity contribution is 5.68. The molecular weight excluding hydrogens is 258 g/mol. The SMILES string of the molecule is CC(O[C@H]1CCN(C(=O)OC(C)(C)C)C1)c1ccco1. The number of rotatable bonds is 3. The van der Waals surface area contributed by atoms with E-state index in [9.17, 15) is 4.79 Å². The molecule has 112 valence electrons. The zero-order chi connectivity index (χ0) is 14.8. The Hall–Kier alpha value is -1.49. The van der Waals surface area contributed by atoms with Gasteiger partial charge in [-0.3, -0.25) is 0 Å². The van der Waals surface area contributed by atoms with Gasteiger partial charge in [-0.25, -0.2) is 4.79 Å². The van der Waals surface area contributed by atoms with Crippen molar-refractivity contribution < 1.29 is 18.7 Å². The summed E-state index contributed by atoms with van der Waals surface area (Å²) >= 11 is 0. The van der Waals surface area contributed by atoms with Gasteiger partial charge in [-0.15, -0.1) is 0 Å². The summed E-state index contributed by atoms with van der Waals surface area (Å²) in [7, 11) is 0. The Morgan fingerprint density at radius 3 is 2.85 bits per heavy atom. The van der Waals surface area contributed by atoms with Gasteiger partial charge in [0.1, 0.15) is 17.5 Å². The van der Waals surface area contributed by atoms with Crippen molar-refractivity contribution in [1.29, 1.82) is 0 Å². The molecule has 2 rings (SSSR count). The van der Waals surface area contributed by atoms with Crippen LogP contribution in [0.15, 0.2) is 22.8 Å². The lowest BCUT2D eigenvalue weighted by molar-refractivity contribution is -0.0125. The van der Waals surface area contributed by atoms with Crippen molar-refractivity contribution in [3.63, 3.8) is 0 Å². The Kier molecular flexibility index (Phi) is 4.38. The van der Waals surface area contributed by atoms with Crippen molar-refractivity contribution in [3.8, 4) is 0 Å². The summed E-state index contributed by atoms with van der Waals surface area (Å²) in [6, 6.07) is 3.74. The Balaban J connectivity index is 1.82. The number of ether oxygens (including phenoxy) is 2. The molecule has 1 saturated heterocycles. The molecule has 0 saturated carbocycles. The van der Waals surface area contributed by atoms with Gasteiger partial charge in [-0.05, 0) is 46.2 Å². The molecule has 1 unspecified atom stereocenters. The number of carbonyl (C=O) groups is 1.